The highest BCUT2D eigenvalue weighted by Gasteiger charge is 2.51. The molecule has 1 atom stereocenters. The van der Waals surface area contributed by atoms with Gasteiger partial charge in [-0.1, -0.05) is 12.1 Å². The molecule has 5 nitrogen and oxygen atoms in total. The van der Waals surface area contributed by atoms with Crippen molar-refractivity contribution < 1.29 is 27.5 Å². The Morgan fingerprint density at radius 3 is 2.15 bits per heavy atom. The summed E-state index contributed by atoms with van der Waals surface area (Å²) in [6, 6.07) is 8.17. The van der Waals surface area contributed by atoms with E-state index in [0.717, 1.165) is 30.7 Å². The van der Waals surface area contributed by atoms with Crippen LogP contribution in [-0.2, 0) is 11.0 Å². The second-order valence-electron chi connectivity index (χ2n) is 9.67. The summed E-state index contributed by atoms with van der Waals surface area (Å²) in [5, 5.41) is 9.89. The van der Waals surface area contributed by atoms with Gasteiger partial charge >= 0.3 is 6.18 Å². The summed E-state index contributed by atoms with van der Waals surface area (Å²) in [6.45, 7) is 1.07. The number of carbonyl (C=O) groups is 1. The van der Waals surface area contributed by atoms with Crippen LogP contribution >= 0.6 is 0 Å². The molecule has 0 spiro atoms. The third-order valence-electron chi connectivity index (χ3n) is 7.39. The number of pyridine rings is 1. The molecule has 0 saturated heterocycles. The van der Waals surface area contributed by atoms with Crippen LogP contribution in [0.1, 0.15) is 67.1 Å². The summed E-state index contributed by atoms with van der Waals surface area (Å²) in [4.78, 5) is 19.5. The van der Waals surface area contributed by atoms with Gasteiger partial charge in [-0.15, -0.1) is 0 Å². The van der Waals surface area contributed by atoms with E-state index >= 15 is 0 Å². The van der Waals surface area contributed by atoms with Crippen molar-refractivity contribution in [3.63, 3.8) is 0 Å². The van der Waals surface area contributed by atoms with E-state index < -0.39 is 17.6 Å². The molecule has 184 valence electrons. The number of rotatable bonds is 6. The van der Waals surface area contributed by atoms with Gasteiger partial charge < -0.3 is 15.7 Å². The average Bonchev–Trinajstić information content (AvgIpc) is 3.65. The molecule has 0 aliphatic heterocycles. The van der Waals surface area contributed by atoms with Gasteiger partial charge in [-0.3, -0.25) is 9.78 Å². The summed E-state index contributed by atoms with van der Waals surface area (Å²) < 4.78 is 52.8. The molecule has 1 amide bonds. The lowest BCUT2D eigenvalue weighted by Gasteiger charge is -2.43. The van der Waals surface area contributed by atoms with Crippen LogP contribution in [0.15, 0.2) is 42.6 Å². The Labute approximate surface area is 196 Å². The zero-order valence-corrected chi connectivity index (χ0v) is 19.0. The third-order valence-corrected chi connectivity index (χ3v) is 7.39. The second-order valence-corrected chi connectivity index (χ2v) is 9.67. The molecule has 3 N–H and O–H groups in total. The number of aliphatic hydroxyl groups is 1. The van der Waals surface area contributed by atoms with Gasteiger partial charge in [0.15, 0.2) is 5.60 Å². The molecule has 0 unspecified atom stereocenters. The Kier molecular flexibility index (Phi) is 6.46. The molecule has 4 rings (SSSR count). The van der Waals surface area contributed by atoms with Gasteiger partial charge in [-0.25, -0.2) is 4.39 Å². The monoisotopic (exact) mass is 479 g/mol. The minimum Gasteiger partial charge on any atom is -0.376 e. The number of halogens is 4. The highest BCUT2D eigenvalue weighted by atomic mass is 19.4. The summed E-state index contributed by atoms with van der Waals surface area (Å²) >= 11 is 0. The highest BCUT2D eigenvalue weighted by molar-refractivity contribution is 5.95. The number of hydrogen-bond acceptors (Lipinski definition) is 4. The lowest BCUT2D eigenvalue weighted by Crippen LogP contribution is -2.48. The lowest BCUT2D eigenvalue weighted by atomic mass is 9.69. The Hall–Kier alpha value is -2.52. The molecule has 1 aromatic carbocycles. The van der Waals surface area contributed by atoms with Crippen molar-refractivity contribution in [2.45, 2.75) is 74.7 Å². The molecule has 1 heterocycles. The van der Waals surface area contributed by atoms with Crippen LogP contribution in [0.3, 0.4) is 0 Å². The Balaban J connectivity index is 1.50. The van der Waals surface area contributed by atoms with Crippen LogP contribution in [0.25, 0.3) is 0 Å². The highest BCUT2D eigenvalue weighted by Crippen LogP contribution is 2.43. The zero-order valence-electron chi connectivity index (χ0n) is 19.0. The van der Waals surface area contributed by atoms with Crippen LogP contribution in [0.2, 0.25) is 0 Å². The van der Waals surface area contributed by atoms with E-state index in [4.69, 9.17) is 5.73 Å². The van der Waals surface area contributed by atoms with Crippen molar-refractivity contribution in [3.05, 3.63) is 65.2 Å². The first-order valence-electron chi connectivity index (χ1n) is 11.5. The fourth-order valence-corrected chi connectivity index (χ4v) is 4.92. The lowest BCUT2D eigenvalue weighted by molar-refractivity contribution is -0.258. The molecule has 2 aliphatic carbocycles. The van der Waals surface area contributed by atoms with Crippen LogP contribution < -0.4 is 5.73 Å². The summed E-state index contributed by atoms with van der Waals surface area (Å²) in [5.74, 6) is -0.622. The predicted octanol–water partition coefficient (Wildman–Crippen LogP) is 4.43. The zero-order chi connectivity index (χ0) is 24.7. The first kappa shape index (κ1) is 24.6. The Morgan fingerprint density at radius 1 is 1.09 bits per heavy atom. The molecule has 0 bridgehead atoms. The standard InChI is InChI=1S/C25H29F4N3O2/c1-23(34,25(27,28)29)17-4-2-16(3-5-17)22(33)32(19-7-8-19)20-10-12-24(15-30,13-11-20)21-9-6-18(26)14-31-21/h2-6,9,14,19-20,34H,7-8,10-13,15,30H2,1H3/t20-,23-,24-/m0/s1. The maximum Gasteiger partial charge on any atom is 0.421 e. The molecule has 34 heavy (non-hydrogen) atoms. The van der Waals surface area contributed by atoms with E-state index in [1.165, 1.54) is 24.4 Å². The quantitative estimate of drug-likeness (QED) is 0.601. The number of nitrogens with zero attached hydrogens (tertiary/aromatic N) is 2. The summed E-state index contributed by atoms with van der Waals surface area (Å²) in [6.07, 6.45) is 0.982. The Bertz CT molecular complexity index is 1010. The van der Waals surface area contributed by atoms with Crippen molar-refractivity contribution in [2.24, 2.45) is 5.73 Å². The maximum absolute atomic E-state index is 13.4. The van der Waals surface area contributed by atoms with Gasteiger partial charge in [0.1, 0.15) is 5.82 Å². The summed E-state index contributed by atoms with van der Waals surface area (Å²) in [5.41, 5.74) is 3.50. The topological polar surface area (TPSA) is 79.5 Å². The maximum atomic E-state index is 13.4. The van der Waals surface area contributed by atoms with Crippen molar-refractivity contribution in [3.8, 4) is 0 Å². The minimum atomic E-state index is -4.82. The largest absolute Gasteiger partial charge is 0.421 e. The van der Waals surface area contributed by atoms with Gasteiger partial charge in [0.25, 0.3) is 5.91 Å². The minimum absolute atomic E-state index is 0.0157. The van der Waals surface area contributed by atoms with Gasteiger partial charge in [0.2, 0.25) is 0 Å². The smallest absolute Gasteiger partial charge is 0.376 e. The molecule has 2 fully saturated rings. The number of nitrogens with two attached hydrogens (primary N) is 1. The first-order chi connectivity index (χ1) is 16.0. The van der Waals surface area contributed by atoms with Gasteiger partial charge in [-0.2, -0.15) is 13.2 Å². The van der Waals surface area contributed by atoms with Gasteiger partial charge in [0, 0.05) is 35.3 Å². The number of hydrogen-bond donors (Lipinski definition) is 2. The van der Waals surface area contributed by atoms with Crippen molar-refractivity contribution in [1.82, 2.24) is 9.88 Å². The number of aromatic nitrogens is 1. The second kappa shape index (κ2) is 8.92. The van der Waals surface area contributed by atoms with Crippen LogP contribution in [0.4, 0.5) is 17.6 Å². The average molecular weight is 480 g/mol. The number of benzene rings is 1. The normalized spacial score (nSPS) is 25.0. The van der Waals surface area contributed by atoms with E-state index in [9.17, 15) is 27.5 Å². The molecular formula is C25H29F4N3O2. The molecular weight excluding hydrogens is 450 g/mol. The Morgan fingerprint density at radius 2 is 1.68 bits per heavy atom. The predicted molar refractivity (Wildman–Crippen MR) is 118 cm³/mol. The summed E-state index contributed by atoms with van der Waals surface area (Å²) in [7, 11) is 0. The number of carbonyl (C=O) groups excluding carboxylic acids is 1. The fraction of sp³-hybridized carbons (Fsp3) is 0.520. The van der Waals surface area contributed by atoms with Crippen molar-refractivity contribution >= 4 is 5.91 Å². The van der Waals surface area contributed by atoms with Crippen molar-refractivity contribution in [1.29, 1.82) is 0 Å². The number of amides is 1. The van der Waals surface area contributed by atoms with Crippen molar-refractivity contribution in [2.75, 3.05) is 6.54 Å². The molecule has 1 aromatic heterocycles. The molecule has 9 heteroatoms. The molecule has 2 aromatic rings. The fourth-order valence-electron chi connectivity index (χ4n) is 4.92. The van der Waals surface area contributed by atoms with E-state index in [2.05, 4.69) is 4.98 Å². The van der Waals surface area contributed by atoms with Crippen LogP contribution in [-0.4, -0.2) is 45.7 Å². The van der Waals surface area contributed by atoms with E-state index in [0.29, 0.717) is 44.7 Å². The molecule has 0 radical (unpaired) electrons. The van der Waals surface area contributed by atoms with E-state index in [-0.39, 0.29) is 29.0 Å². The van der Waals surface area contributed by atoms with Crippen LogP contribution in [0.5, 0.6) is 0 Å². The first-order valence-corrected chi connectivity index (χ1v) is 11.5. The number of alkyl halides is 3. The molecule has 2 aliphatic rings. The molecule has 2 saturated carbocycles. The third kappa shape index (κ3) is 4.55. The van der Waals surface area contributed by atoms with Gasteiger partial charge in [0.05, 0.1) is 6.20 Å². The van der Waals surface area contributed by atoms with Crippen LogP contribution in [0, 0.1) is 5.82 Å². The van der Waals surface area contributed by atoms with E-state index in [1.54, 1.807) is 6.07 Å². The SMILES string of the molecule is C[C@](O)(c1ccc(C(=O)N(C2CC2)[C@H]2CC[C@](CN)(c3ccc(F)cn3)CC2)cc1)C(F)(F)F. The van der Waals surface area contributed by atoms with Gasteiger partial charge in [-0.05, 0) is 75.3 Å². The van der Waals surface area contributed by atoms with E-state index in [1.807, 2.05) is 4.90 Å².